The zero-order valence-corrected chi connectivity index (χ0v) is 19.0. The molecule has 1 amide bonds. The Labute approximate surface area is 196 Å². The number of carbonyl (C=O) groups is 1. The van der Waals surface area contributed by atoms with E-state index in [0.29, 0.717) is 33.0 Å². The number of fused-ring (bicyclic) bond motifs is 4. The highest BCUT2D eigenvalue weighted by molar-refractivity contribution is 7.22. The van der Waals surface area contributed by atoms with E-state index in [-0.39, 0.29) is 24.0 Å². The van der Waals surface area contributed by atoms with Gasteiger partial charge in [-0.05, 0) is 24.3 Å². The van der Waals surface area contributed by atoms with Crippen LogP contribution in [-0.2, 0) is 14.4 Å². The Morgan fingerprint density at radius 2 is 2.09 bits per heavy atom. The molecule has 0 unspecified atom stereocenters. The maximum atomic E-state index is 12.8. The summed E-state index contributed by atoms with van der Waals surface area (Å²) in [6.07, 6.45) is 0. The van der Waals surface area contributed by atoms with Gasteiger partial charge in [0.1, 0.15) is 12.4 Å². The summed E-state index contributed by atoms with van der Waals surface area (Å²) in [5, 5.41) is 11.5. The Balaban J connectivity index is 1.42. The molecule has 2 aromatic heterocycles. The number of nitrogens with zero attached hydrogens (tertiary/aromatic N) is 3. The highest BCUT2D eigenvalue weighted by Crippen LogP contribution is 2.38. The van der Waals surface area contributed by atoms with Crippen LogP contribution >= 0.6 is 22.9 Å². The van der Waals surface area contributed by atoms with Crippen LogP contribution in [0.4, 0.5) is 11.4 Å². The van der Waals surface area contributed by atoms with Crippen LogP contribution in [0.2, 0.25) is 4.34 Å². The van der Waals surface area contributed by atoms with E-state index in [9.17, 15) is 14.4 Å². The van der Waals surface area contributed by atoms with Crippen LogP contribution in [0.1, 0.15) is 19.5 Å². The smallest absolute Gasteiger partial charge is 0.285 e. The first-order valence-electron chi connectivity index (χ1n) is 9.94. The fourth-order valence-corrected chi connectivity index (χ4v) is 4.91. The number of hydrazone groups is 1. The lowest BCUT2D eigenvalue weighted by atomic mass is 10.1. The van der Waals surface area contributed by atoms with Crippen molar-refractivity contribution < 1.29 is 19.1 Å². The van der Waals surface area contributed by atoms with Crippen LogP contribution in [0.25, 0.3) is 15.9 Å². The Kier molecular flexibility index (Phi) is 5.08. The van der Waals surface area contributed by atoms with Gasteiger partial charge in [0, 0.05) is 17.7 Å². The van der Waals surface area contributed by atoms with Gasteiger partial charge in [0.15, 0.2) is 23.3 Å². The van der Waals surface area contributed by atoms with E-state index >= 15 is 0 Å². The molecule has 1 aromatic carbocycles. The van der Waals surface area contributed by atoms with E-state index in [1.165, 1.54) is 16.3 Å². The van der Waals surface area contributed by atoms with Crippen LogP contribution < -0.4 is 15.4 Å². The fourth-order valence-electron chi connectivity index (χ4n) is 3.76. The van der Waals surface area contributed by atoms with Crippen LogP contribution in [-0.4, -0.2) is 39.7 Å². The molecule has 0 fully saturated rings. The van der Waals surface area contributed by atoms with Crippen LogP contribution in [0.5, 0.6) is 5.75 Å². The maximum absolute atomic E-state index is 12.8. The molecular weight excluding hydrogens is 466 g/mol. The third kappa shape index (κ3) is 3.61. The van der Waals surface area contributed by atoms with E-state index in [1.807, 2.05) is 36.5 Å². The first-order chi connectivity index (χ1) is 15.9. The number of anilines is 2. The third-order valence-corrected chi connectivity index (χ3v) is 6.34. The van der Waals surface area contributed by atoms with Crippen molar-refractivity contribution in [2.24, 2.45) is 11.0 Å². The Hall–Kier alpha value is -3.81. The number of thiophene rings is 1. The summed E-state index contributed by atoms with van der Waals surface area (Å²) in [7, 11) is 0. The number of benzene rings is 1. The van der Waals surface area contributed by atoms with Gasteiger partial charge in [-0.15, -0.1) is 11.3 Å². The highest BCUT2D eigenvalue weighted by atomic mass is 35.5. The van der Waals surface area contributed by atoms with Gasteiger partial charge in [0.05, 0.1) is 25.9 Å². The molecule has 0 bridgehead atoms. The molecule has 2 aliphatic heterocycles. The van der Waals surface area contributed by atoms with Crippen molar-refractivity contribution in [1.82, 2.24) is 9.58 Å². The molecule has 2 N–H and O–H groups in total. The maximum Gasteiger partial charge on any atom is 0.285 e. The average molecular weight is 482 g/mol. The number of hydrogen-bond acceptors (Lipinski definition) is 8. The molecule has 5 rings (SSSR count). The molecule has 33 heavy (non-hydrogen) atoms. The summed E-state index contributed by atoms with van der Waals surface area (Å²) < 4.78 is 8.75. The zero-order chi connectivity index (χ0) is 23.3. The number of rotatable bonds is 4. The third-order valence-electron chi connectivity index (χ3n) is 5.14. The van der Waals surface area contributed by atoms with Gasteiger partial charge in [-0.2, -0.15) is 5.10 Å². The molecule has 0 aliphatic carbocycles. The lowest BCUT2D eigenvalue weighted by Crippen LogP contribution is -2.36. The van der Waals surface area contributed by atoms with Crippen LogP contribution in [0, 0.1) is 5.92 Å². The molecule has 166 valence electrons. The number of nitrogens with one attached hydrogen (secondary N) is 2. The predicted molar refractivity (Wildman–Crippen MR) is 127 cm³/mol. The van der Waals surface area contributed by atoms with Crippen LogP contribution in [0.3, 0.4) is 0 Å². The van der Waals surface area contributed by atoms with Crippen molar-refractivity contribution >= 4 is 73.9 Å². The van der Waals surface area contributed by atoms with Gasteiger partial charge in [-0.1, -0.05) is 25.4 Å². The summed E-state index contributed by atoms with van der Waals surface area (Å²) in [5.41, 5.74) is 2.70. The number of ether oxygens (including phenoxy) is 1. The number of hydrogen-bond donors (Lipinski definition) is 2. The van der Waals surface area contributed by atoms with Crippen LogP contribution in [0.15, 0.2) is 41.3 Å². The second-order valence-corrected chi connectivity index (χ2v) is 9.42. The number of amides is 1. The lowest BCUT2D eigenvalue weighted by Gasteiger charge is -2.28. The lowest BCUT2D eigenvalue weighted by molar-refractivity contribution is -0.116. The Morgan fingerprint density at radius 1 is 1.27 bits per heavy atom. The topological polar surface area (TPSA) is 105 Å². The van der Waals surface area contributed by atoms with Gasteiger partial charge >= 0.3 is 0 Å². The number of carbonyl (C=O) groups excluding carboxylic acids is 3. The summed E-state index contributed by atoms with van der Waals surface area (Å²) in [4.78, 5) is 35.5. The number of halogens is 1. The SMILES string of the molecule is CC(C)C1=NN(CC(=O)Nc2ccc3c(c2)OC(=C=O)N3)C(=C=O)c2cc3sc(Cl)cc3n21. The fraction of sp³-hybridized carbons (Fsp3) is 0.182. The summed E-state index contributed by atoms with van der Waals surface area (Å²) in [6.45, 7) is 3.77. The molecule has 2 aliphatic rings. The molecule has 4 heterocycles. The Bertz CT molecular complexity index is 1460. The standard InChI is InChI=1S/C22H16ClN5O4S/c1-11(2)22-26-27(16(9-29)14-6-18-15(28(14)22)7-19(23)33-18)8-20(31)24-12-3-4-13-17(5-12)32-21(10-30)25-13/h3-7,11,25H,8H2,1-2H3,(H,24,31). The van der Waals surface area contributed by atoms with Gasteiger partial charge < -0.3 is 15.4 Å². The average Bonchev–Trinajstić information content (AvgIpc) is 3.44. The van der Waals surface area contributed by atoms with Gasteiger partial charge in [-0.25, -0.2) is 14.6 Å². The monoisotopic (exact) mass is 481 g/mol. The summed E-state index contributed by atoms with van der Waals surface area (Å²) >= 11 is 7.58. The number of aromatic nitrogens is 1. The first kappa shape index (κ1) is 21.1. The van der Waals surface area contributed by atoms with E-state index in [4.69, 9.17) is 16.3 Å². The zero-order valence-electron chi connectivity index (χ0n) is 17.4. The van der Waals surface area contributed by atoms with Gasteiger partial charge in [0.2, 0.25) is 5.91 Å². The molecule has 9 nitrogen and oxygen atoms in total. The molecule has 0 radical (unpaired) electrons. The van der Waals surface area contributed by atoms with E-state index in [1.54, 1.807) is 24.1 Å². The predicted octanol–water partition coefficient (Wildman–Crippen LogP) is 3.78. The minimum Gasteiger partial charge on any atom is -0.429 e. The summed E-state index contributed by atoms with van der Waals surface area (Å²) in [5.74, 6) is 4.25. The molecule has 0 spiro atoms. The van der Waals surface area contributed by atoms with Crippen molar-refractivity contribution in [3.05, 3.63) is 46.2 Å². The minimum absolute atomic E-state index is 0.0122. The Morgan fingerprint density at radius 3 is 2.82 bits per heavy atom. The van der Waals surface area contributed by atoms with Crippen molar-refractivity contribution in [3.8, 4) is 5.75 Å². The molecule has 3 aromatic rings. The van der Waals surface area contributed by atoms with Crippen molar-refractivity contribution in [1.29, 1.82) is 0 Å². The van der Waals surface area contributed by atoms with Crippen molar-refractivity contribution in [3.63, 3.8) is 0 Å². The largest absolute Gasteiger partial charge is 0.429 e. The van der Waals surface area contributed by atoms with Crippen molar-refractivity contribution in [2.45, 2.75) is 13.8 Å². The van der Waals surface area contributed by atoms with E-state index in [2.05, 4.69) is 15.7 Å². The van der Waals surface area contributed by atoms with E-state index in [0.717, 1.165) is 10.2 Å². The molecule has 0 saturated carbocycles. The quantitative estimate of drug-likeness (QED) is 0.549. The second kappa shape index (κ2) is 7.95. The van der Waals surface area contributed by atoms with Gasteiger partial charge in [-0.3, -0.25) is 9.36 Å². The first-order valence-corrected chi connectivity index (χ1v) is 11.1. The summed E-state index contributed by atoms with van der Waals surface area (Å²) in [6, 6.07) is 8.62. The molecular formula is C22H16ClN5O4S. The molecule has 0 saturated heterocycles. The highest BCUT2D eigenvalue weighted by Gasteiger charge is 2.30. The normalized spacial score (nSPS) is 14.3. The van der Waals surface area contributed by atoms with Crippen molar-refractivity contribution in [2.75, 3.05) is 17.2 Å². The molecule has 11 heteroatoms. The minimum atomic E-state index is -0.392. The van der Waals surface area contributed by atoms with E-state index < -0.39 is 5.91 Å². The molecule has 0 atom stereocenters. The second-order valence-electron chi connectivity index (χ2n) is 7.70. The van der Waals surface area contributed by atoms with Gasteiger partial charge in [0.25, 0.3) is 5.88 Å².